The van der Waals surface area contributed by atoms with Crippen molar-refractivity contribution in [3.8, 4) is 16.9 Å². The predicted molar refractivity (Wildman–Crippen MR) is 194 cm³/mol. The van der Waals surface area contributed by atoms with E-state index in [2.05, 4.69) is 43.3 Å². The zero-order chi connectivity index (χ0) is 33.6. The molecule has 3 aromatic heterocycles. The lowest BCUT2D eigenvalue weighted by molar-refractivity contribution is 0.262. The predicted octanol–water partition coefficient (Wildman–Crippen LogP) is 9.51. The summed E-state index contributed by atoms with van der Waals surface area (Å²) in [5.41, 5.74) is 5.83. The lowest BCUT2D eigenvalue weighted by Crippen LogP contribution is -2.32. The van der Waals surface area contributed by atoms with E-state index < -0.39 is 6.03 Å². The quantitative estimate of drug-likeness (QED) is 0.158. The van der Waals surface area contributed by atoms with Gasteiger partial charge < -0.3 is 15.4 Å². The van der Waals surface area contributed by atoms with Crippen LogP contribution in [0.3, 0.4) is 0 Å². The van der Waals surface area contributed by atoms with Gasteiger partial charge in [-0.3, -0.25) is 14.3 Å². The second-order valence-electron chi connectivity index (χ2n) is 13.4. The Kier molecular flexibility index (Phi) is 10.2. The molecule has 0 saturated heterocycles. The van der Waals surface area contributed by atoms with E-state index in [1.165, 1.54) is 6.42 Å². The van der Waals surface area contributed by atoms with Crippen LogP contribution in [-0.4, -0.2) is 20.6 Å². The summed E-state index contributed by atoms with van der Waals surface area (Å²) in [6.07, 6.45) is 10.9. The van der Waals surface area contributed by atoms with Gasteiger partial charge in [0, 0.05) is 41.8 Å². The molecule has 0 spiro atoms. The largest absolute Gasteiger partial charge is 0.489 e. The summed E-state index contributed by atoms with van der Waals surface area (Å²) in [7, 11) is 0. The number of carbonyl (C=O) groups is 1. The van der Waals surface area contributed by atoms with Crippen LogP contribution in [0.15, 0.2) is 90.1 Å². The molecule has 0 radical (unpaired) electrons. The second-order valence-corrected chi connectivity index (χ2v) is 13.4. The standard InChI is InChI=1S/C40H45N5O3/c1-26(2)32-15-9-16-33(27(3)4)36(32)43-40(47)44-37-35(30-13-8-14-31(23-30)48-25-29-18-21-41-22-19-29)34-17-10-20-42-38(34)45(39(37)46)24-28-11-6-5-7-12-28/h8-10,13-23,26-28H,5-7,11-12,24-25H2,1-4H3,(H2,43,44,47). The Labute approximate surface area is 282 Å². The van der Waals surface area contributed by atoms with Gasteiger partial charge in [0.1, 0.15) is 23.7 Å². The van der Waals surface area contributed by atoms with E-state index in [0.29, 0.717) is 36.0 Å². The topological polar surface area (TPSA) is 98.1 Å². The van der Waals surface area contributed by atoms with Gasteiger partial charge in [-0.25, -0.2) is 9.78 Å². The molecule has 0 bridgehead atoms. The molecular formula is C40H45N5O3. The average Bonchev–Trinajstić information content (AvgIpc) is 3.10. The number of ether oxygens (including phenoxy) is 1. The van der Waals surface area contributed by atoms with Gasteiger partial charge in [0.2, 0.25) is 0 Å². The maximum atomic E-state index is 14.6. The maximum absolute atomic E-state index is 14.6. The Balaban J connectivity index is 1.45. The summed E-state index contributed by atoms with van der Waals surface area (Å²) in [5.74, 6) is 1.43. The number of para-hydroxylation sites is 1. The van der Waals surface area contributed by atoms with Crippen molar-refractivity contribution >= 4 is 28.4 Å². The molecule has 8 heteroatoms. The van der Waals surface area contributed by atoms with Crippen LogP contribution in [0.4, 0.5) is 16.2 Å². The number of nitrogens with zero attached hydrogens (tertiary/aromatic N) is 3. The molecule has 0 aliphatic heterocycles. The van der Waals surface area contributed by atoms with Crippen LogP contribution in [0.1, 0.15) is 88.3 Å². The molecule has 1 aliphatic carbocycles. The number of hydrogen-bond donors (Lipinski definition) is 2. The van der Waals surface area contributed by atoms with Crippen molar-refractivity contribution in [2.45, 2.75) is 84.8 Å². The number of anilines is 2. The van der Waals surface area contributed by atoms with E-state index >= 15 is 0 Å². The summed E-state index contributed by atoms with van der Waals surface area (Å²) in [6, 6.07) is 21.0. The van der Waals surface area contributed by atoms with Crippen LogP contribution in [0.2, 0.25) is 0 Å². The van der Waals surface area contributed by atoms with E-state index in [-0.39, 0.29) is 23.1 Å². The first kappa shape index (κ1) is 32.9. The summed E-state index contributed by atoms with van der Waals surface area (Å²) in [4.78, 5) is 37.5. The molecule has 3 heterocycles. The first-order chi connectivity index (χ1) is 23.3. The molecule has 2 N–H and O–H groups in total. The highest BCUT2D eigenvalue weighted by Crippen LogP contribution is 2.37. The molecule has 1 saturated carbocycles. The normalized spacial score (nSPS) is 13.6. The first-order valence-corrected chi connectivity index (χ1v) is 17.1. The number of pyridine rings is 3. The van der Waals surface area contributed by atoms with Crippen molar-refractivity contribution in [2.24, 2.45) is 5.92 Å². The summed E-state index contributed by atoms with van der Waals surface area (Å²) in [5, 5.41) is 6.99. The van der Waals surface area contributed by atoms with Crippen LogP contribution in [-0.2, 0) is 13.2 Å². The molecule has 1 fully saturated rings. The zero-order valence-electron chi connectivity index (χ0n) is 28.3. The number of aromatic nitrogens is 3. The third-order valence-corrected chi connectivity index (χ3v) is 9.31. The van der Waals surface area contributed by atoms with Crippen LogP contribution in [0, 0.1) is 5.92 Å². The molecule has 48 heavy (non-hydrogen) atoms. The fourth-order valence-electron chi connectivity index (χ4n) is 6.83. The number of carbonyl (C=O) groups excluding carboxylic acids is 1. The Morgan fingerprint density at radius 3 is 2.25 bits per heavy atom. The monoisotopic (exact) mass is 643 g/mol. The molecule has 2 amide bonds. The first-order valence-electron chi connectivity index (χ1n) is 17.1. The number of nitrogens with one attached hydrogen (secondary N) is 2. The lowest BCUT2D eigenvalue weighted by atomic mass is 9.89. The van der Waals surface area contributed by atoms with Crippen LogP contribution in [0.5, 0.6) is 5.75 Å². The van der Waals surface area contributed by atoms with E-state index in [0.717, 1.165) is 59.0 Å². The highest BCUT2D eigenvalue weighted by atomic mass is 16.5. The van der Waals surface area contributed by atoms with Crippen molar-refractivity contribution in [3.05, 3.63) is 112 Å². The van der Waals surface area contributed by atoms with Gasteiger partial charge >= 0.3 is 6.03 Å². The Morgan fingerprint density at radius 1 is 0.854 bits per heavy atom. The van der Waals surface area contributed by atoms with Crippen molar-refractivity contribution in [1.29, 1.82) is 0 Å². The Morgan fingerprint density at radius 2 is 1.54 bits per heavy atom. The molecule has 0 unspecified atom stereocenters. The van der Waals surface area contributed by atoms with Gasteiger partial charge in [0.05, 0.1) is 0 Å². The molecule has 5 aromatic rings. The molecule has 6 rings (SSSR count). The minimum atomic E-state index is -0.458. The van der Waals surface area contributed by atoms with Gasteiger partial charge in [-0.1, -0.05) is 77.3 Å². The van der Waals surface area contributed by atoms with Gasteiger partial charge in [-0.05, 0) is 89.2 Å². The van der Waals surface area contributed by atoms with Gasteiger partial charge in [0.15, 0.2) is 0 Å². The number of amides is 2. The average molecular weight is 644 g/mol. The summed E-state index contributed by atoms with van der Waals surface area (Å²) >= 11 is 0. The highest BCUT2D eigenvalue weighted by Gasteiger charge is 2.25. The minimum Gasteiger partial charge on any atom is -0.489 e. The smallest absolute Gasteiger partial charge is 0.323 e. The molecule has 1 aliphatic rings. The molecular weight excluding hydrogens is 598 g/mol. The van der Waals surface area contributed by atoms with E-state index in [1.54, 1.807) is 23.2 Å². The zero-order valence-corrected chi connectivity index (χ0v) is 28.3. The van der Waals surface area contributed by atoms with Crippen LogP contribution >= 0.6 is 0 Å². The Bertz CT molecular complexity index is 1920. The van der Waals surface area contributed by atoms with Crippen molar-refractivity contribution in [2.75, 3.05) is 10.6 Å². The van der Waals surface area contributed by atoms with Crippen molar-refractivity contribution in [1.82, 2.24) is 14.5 Å². The van der Waals surface area contributed by atoms with Gasteiger partial charge in [-0.2, -0.15) is 0 Å². The second kappa shape index (κ2) is 14.8. The summed E-state index contributed by atoms with van der Waals surface area (Å²) < 4.78 is 7.94. The fourth-order valence-corrected chi connectivity index (χ4v) is 6.83. The van der Waals surface area contributed by atoms with Gasteiger partial charge in [0.25, 0.3) is 5.56 Å². The van der Waals surface area contributed by atoms with E-state index in [4.69, 9.17) is 9.72 Å². The van der Waals surface area contributed by atoms with Gasteiger partial charge in [-0.15, -0.1) is 0 Å². The number of rotatable bonds is 10. The number of hydrogen-bond acceptors (Lipinski definition) is 5. The molecule has 0 atom stereocenters. The third kappa shape index (κ3) is 7.28. The lowest BCUT2D eigenvalue weighted by Gasteiger charge is -2.25. The molecule has 8 nitrogen and oxygen atoms in total. The minimum absolute atomic E-state index is 0.198. The summed E-state index contributed by atoms with van der Waals surface area (Å²) in [6.45, 7) is 9.40. The Hall–Kier alpha value is -4.98. The SMILES string of the molecule is CC(C)c1cccc(C(C)C)c1NC(=O)Nc1c(-c2cccc(OCc3ccncc3)c2)c2cccnc2n(CC2CCCCC2)c1=O. The number of benzene rings is 2. The number of urea groups is 1. The van der Waals surface area contributed by atoms with E-state index in [9.17, 15) is 9.59 Å². The maximum Gasteiger partial charge on any atom is 0.323 e. The van der Waals surface area contributed by atoms with E-state index in [1.807, 2.05) is 66.7 Å². The fraction of sp³-hybridized carbons (Fsp3) is 0.350. The third-order valence-electron chi connectivity index (χ3n) is 9.31. The molecule has 248 valence electrons. The highest BCUT2D eigenvalue weighted by molar-refractivity contribution is 6.07. The van der Waals surface area contributed by atoms with Crippen LogP contribution < -0.4 is 20.9 Å². The molecule has 2 aromatic carbocycles. The van der Waals surface area contributed by atoms with Crippen molar-refractivity contribution < 1.29 is 9.53 Å². The van der Waals surface area contributed by atoms with Crippen LogP contribution in [0.25, 0.3) is 22.2 Å². The number of fused-ring (bicyclic) bond motifs is 1. The van der Waals surface area contributed by atoms with Crippen molar-refractivity contribution in [3.63, 3.8) is 0 Å².